The van der Waals surface area contributed by atoms with Crippen molar-refractivity contribution in [2.24, 2.45) is 5.73 Å². The van der Waals surface area contributed by atoms with Gasteiger partial charge in [0.15, 0.2) is 0 Å². The van der Waals surface area contributed by atoms with E-state index in [2.05, 4.69) is 23.5 Å². The summed E-state index contributed by atoms with van der Waals surface area (Å²) in [6.07, 6.45) is 0.790. The zero-order valence-electron chi connectivity index (χ0n) is 12.3. The van der Waals surface area contributed by atoms with Crippen molar-refractivity contribution in [3.8, 4) is 17.0 Å². The highest BCUT2D eigenvalue weighted by molar-refractivity contribution is 5.68. The Bertz CT molecular complexity index is 777. The van der Waals surface area contributed by atoms with E-state index in [-0.39, 0.29) is 0 Å². The number of aryl methyl sites for hydroxylation is 1. The highest BCUT2D eigenvalue weighted by Crippen LogP contribution is 2.28. The molecule has 2 heterocycles. The van der Waals surface area contributed by atoms with Crippen molar-refractivity contribution >= 4 is 5.65 Å². The fraction of sp³-hybridized carbons (Fsp3) is 0.235. The molecule has 0 unspecified atom stereocenters. The van der Waals surface area contributed by atoms with E-state index >= 15 is 0 Å². The Balaban J connectivity index is 2.25. The fourth-order valence-electron chi connectivity index (χ4n) is 2.70. The molecule has 0 amide bonds. The van der Waals surface area contributed by atoms with E-state index in [9.17, 15) is 0 Å². The van der Waals surface area contributed by atoms with Crippen molar-refractivity contribution in [3.05, 3.63) is 53.9 Å². The number of nitrogens with zero attached hydrogens (tertiary/aromatic N) is 2. The number of methoxy groups -OCH3 is 1. The normalized spacial score (nSPS) is 11.0. The molecule has 21 heavy (non-hydrogen) atoms. The van der Waals surface area contributed by atoms with Gasteiger partial charge >= 0.3 is 0 Å². The van der Waals surface area contributed by atoms with Crippen LogP contribution in [-0.4, -0.2) is 23.0 Å². The molecule has 4 nitrogen and oxygen atoms in total. The SMILES string of the molecule is COc1cccc(-c2nc3cccc(C)n3c2CCN)c1. The molecule has 0 bridgehead atoms. The molecule has 0 aliphatic rings. The second-order valence-electron chi connectivity index (χ2n) is 5.04. The molecular weight excluding hydrogens is 262 g/mol. The lowest BCUT2D eigenvalue weighted by atomic mass is 10.1. The van der Waals surface area contributed by atoms with E-state index in [4.69, 9.17) is 15.5 Å². The molecule has 0 aliphatic heterocycles. The van der Waals surface area contributed by atoms with Crippen molar-refractivity contribution in [3.63, 3.8) is 0 Å². The lowest BCUT2D eigenvalue weighted by Crippen LogP contribution is -2.07. The van der Waals surface area contributed by atoms with E-state index in [1.54, 1.807) is 7.11 Å². The van der Waals surface area contributed by atoms with Crippen LogP contribution in [0.25, 0.3) is 16.9 Å². The minimum Gasteiger partial charge on any atom is -0.497 e. The minimum absolute atomic E-state index is 0.596. The van der Waals surface area contributed by atoms with Crippen LogP contribution >= 0.6 is 0 Å². The van der Waals surface area contributed by atoms with Gasteiger partial charge in [-0.1, -0.05) is 18.2 Å². The van der Waals surface area contributed by atoms with Crippen LogP contribution in [0.2, 0.25) is 0 Å². The van der Waals surface area contributed by atoms with Crippen molar-refractivity contribution < 1.29 is 4.74 Å². The predicted octanol–water partition coefficient (Wildman–Crippen LogP) is 2.82. The molecule has 0 radical (unpaired) electrons. The van der Waals surface area contributed by atoms with Crippen molar-refractivity contribution in [1.82, 2.24) is 9.38 Å². The summed E-state index contributed by atoms with van der Waals surface area (Å²) in [4.78, 5) is 4.79. The second kappa shape index (κ2) is 5.58. The Morgan fingerprint density at radius 3 is 2.76 bits per heavy atom. The maximum atomic E-state index is 5.80. The average Bonchev–Trinajstić information content (AvgIpc) is 2.88. The average molecular weight is 281 g/mol. The van der Waals surface area contributed by atoms with Gasteiger partial charge in [0.05, 0.1) is 18.5 Å². The van der Waals surface area contributed by atoms with Crippen LogP contribution in [0.1, 0.15) is 11.4 Å². The van der Waals surface area contributed by atoms with Gasteiger partial charge in [-0.05, 0) is 37.7 Å². The highest BCUT2D eigenvalue weighted by atomic mass is 16.5. The van der Waals surface area contributed by atoms with Crippen molar-refractivity contribution in [2.75, 3.05) is 13.7 Å². The first kappa shape index (κ1) is 13.6. The molecule has 3 aromatic rings. The lowest BCUT2D eigenvalue weighted by molar-refractivity contribution is 0.415. The van der Waals surface area contributed by atoms with Gasteiger partial charge in [0, 0.05) is 17.7 Å². The topological polar surface area (TPSA) is 52.5 Å². The minimum atomic E-state index is 0.596. The first-order valence-corrected chi connectivity index (χ1v) is 7.06. The molecule has 3 rings (SSSR count). The highest BCUT2D eigenvalue weighted by Gasteiger charge is 2.14. The number of hydrogen-bond acceptors (Lipinski definition) is 3. The standard InChI is InChI=1S/C17H19N3O/c1-12-5-3-8-16-19-17(15(9-10-18)20(12)16)13-6-4-7-14(11-13)21-2/h3-8,11H,9-10,18H2,1-2H3. The number of pyridine rings is 1. The molecular formula is C17H19N3O. The fourth-order valence-corrected chi connectivity index (χ4v) is 2.70. The zero-order valence-corrected chi connectivity index (χ0v) is 12.3. The number of aromatic nitrogens is 2. The molecule has 2 aromatic heterocycles. The van der Waals surface area contributed by atoms with Crippen molar-refractivity contribution in [1.29, 1.82) is 0 Å². The number of rotatable bonds is 4. The van der Waals surface area contributed by atoms with Gasteiger partial charge in [0.2, 0.25) is 0 Å². The van der Waals surface area contributed by atoms with Crippen LogP contribution < -0.4 is 10.5 Å². The van der Waals surface area contributed by atoms with E-state index in [1.165, 1.54) is 0 Å². The number of hydrogen-bond donors (Lipinski definition) is 1. The number of nitrogens with two attached hydrogens (primary N) is 1. The molecule has 0 spiro atoms. The van der Waals surface area contributed by atoms with E-state index in [0.717, 1.165) is 40.5 Å². The Kier molecular flexibility index (Phi) is 3.62. The van der Waals surface area contributed by atoms with Gasteiger partial charge in [-0.15, -0.1) is 0 Å². The third kappa shape index (κ3) is 2.38. The first-order valence-electron chi connectivity index (χ1n) is 7.06. The van der Waals surface area contributed by atoms with Gasteiger partial charge in [-0.2, -0.15) is 0 Å². The molecule has 0 saturated heterocycles. The quantitative estimate of drug-likeness (QED) is 0.800. The molecule has 0 saturated carbocycles. The van der Waals surface area contributed by atoms with Gasteiger partial charge in [0.1, 0.15) is 11.4 Å². The number of fused-ring (bicyclic) bond motifs is 1. The largest absolute Gasteiger partial charge is 0.497 e. The summed E-state index contributed by atoms with van der Waals surface area (Å²) in [5.41, 5.74) is 11.1. The first-order chi connectivity index (χ1) is 10.2. The van der Waals surface area contributed by atoms with Crippen LogP contribution in [0.4, 0.5) is 0 Å². The maximum absolute atomic E-state index is 5.80. The van der Waals surface area contributed by atoms with Gasteiger partial charge < -0.3 is 14.9 Å². The Morgan fingerprint density at radius 2 is 2.00 bits per heavy atom. The molecule has 0 aliphatic carbocycles. The summed E-state index contributed by atoms with van der Waals surface area (Å²) in [7, 11) is 1.67. The second-order valence-corrected chi connectivity index (χ2v) is 5.04. The Hall–Kier alpha value is -2.33. The van der Waals surface area contributed by atoms with Crippen LogP contribution in [0.5, 0.6) is 5.75 Å². The summed E-state index contributed by atoms with van der Waals surface area (Å²) in [5.74, 6) is 0.833. The van der Waals surface area contributed by atoms with Crippen molar-refractivity contribution in [2.45, 2.75) is 13.3 Å². The third-order valence-corrected chi connectivity index (χ3v) is 3.66. The van der Waals surface area contributed by atoms with E-state index in [1.807, 2.05) is 30.3 Å². The predicted molar refractivity (Wildman–Crippen MR) is 84.7 cm³/mol. The molecule has 2 N–H and O–H groups in total. The third-order valence-electron chi connectivity index (χ3n) is 3.66. The zero-order chi connectivity index (χ0) is 14.8. The van der Waals surface area contributed by atoms with Crippen LogP contribution in [0, 0.1) is 6.92 Å². The maximum Gasteiger partial charge on any atom is 0.137 e. The molecule has 1 aromatic carbocycles. The number of imidazole rings is 1. The molecule has 0 fully saturated rings. The summed E-state index contributed by atoms with van der Waals surface area (Å²) in [6.45, 7) is 2.68. The lowest BCUT2D eigenvalue weighted by Gasteiger charge is -2.07. The summed E-state index contributed by atoms with van der Waals surface area (Å²) in [5, 5.41) is 0. The summed E-state index contributed by atoms with van der Waals surface area (Å²) >= 11 is 0. The number of ether oxygens (including phenoxy) is 1. The Morgan fingerprint density at radius 1 is 1.19 bits per heavy atom. The smallest absolute Gasteiger partial charge is 0.137 e. The molecule has 4 heteroatoms. The number of benzene rings is 1. The van der Waals surface area contributed by atoms with Gasteiger partial charge in [0.25, 0.3) is 0 Å². The Labute approximate surface area is 124 Å². The van der Waals surface area contributed by atoms with Crippen LogP contribution in [-0.2, 0) is 6.42 Å². The monoisotopic (exact) mass is 281 g/mol. The van der Waals surface area contributed by atoms with E-state index in [0.29, 0.717) is 6.54 Å². The molecule has 108 valence electrons. The van der Waals surface area contributed by atoms with E-state index < -0.39 is 0 Å². The van der Waals surface area contributed by atoms with Crippen LogP contribution in [0.3, 0.4) is 0 Å². The summed E-state index contributed by atoms with van der Waals surface area (Å²) in [6, 6.07) is 14.1. The van der Waals surface area contributed by atoms with Gasteiger partial charge in [-0.25, -0.2) is 4.98 Å². The van der Waals surface area contributed by atoms with Gasteiger partial charge in [-0.3, -0.25) is 0 Å². The summed E-state index contributed by atoms with van der Waals surface area (Å²) < 4.78 is 7.50. The molecule has 0 atom stereocenters. The van der Waals surface area contributed by atoms with Crippen LogP contribution in [0.15, 0.2) is 42.5 Å².